The maximum Gasteiger partial charge on any atom is 0.212 e. The Bertz CT molecular complexity index is 1310. The van der Waals surface area contributed by atoms with Crippen LogP contribution in [-0.2, 0) is 6.42 Å². The normalized spacial score (nSPS) is 15.6. The number of benzene rings is 2. The lowest BCUT2D eigenvalue weighted by molar-refractivity contribution is 0.354. The maximum absolute atomic E-state index is 5.44. The molecule has 0 fully saturated rings. The summed E-state index contributed by atoms with van der Waals surface area (Å²) in [7, 11) is 3.27. The third kappa shape index (κ3) is 3.37. The van der Waals surface area contributed by atoms with E-state index in [0.29, 0.717) is 17.9 Å². The summed E-state index contributed by atoms with van der Waals surface area (Å²) in [5, 5.41) is 16.0. The molecule has 158 valence electrons. The molecule has 7 nitrogen and oxygen atoms in total. The summed E-state index contributed by atoms with van der Waals surface area (Å²) < 4.78 is 12.7. The molecular formula is C23H23N5O2S. The van der Waals surface area contributed by atoms with Crippen LogP contribution in [-0.4, -0.2) is 45.0 Å². The van der Waals surface area contributed by atoms with E-state index in [-0.39, 0.29) is 5.25 Å². The third-order valence-corrected chi connectivity index (χ3v) is 6.55. The predicted octanol–water partition coefficient (Wildman–Crippen LogP) is 4.42. The number of thioether (sulfide) groups is 1. The molecule has 0 saturated heterocycles. The lowest BCUT2D eigenvalue weighted by Crippen LogP contribution is -2.22. The second-order valence-electron chi connectivity index (χ2n) is 7.49. The first-order valence-electron chi connectivity index (χ1n) is 10.1. The Balaban J connectivity index is 1.56. The highest BCUT2D eigenvalue weighted by Gasteiger charge is 2.28. The summed E-state index contributed by atoms with van der Waals surface area (Å²) in [5.74, 6) is 2.19. The molecule has 31 heavy (non-hydrogen) atoms. The van der Waals surface area contributed by atoms with Gasteiger partial charge in [-0.2, -0.15) is 9.78 Å². The molecule has 0 bridgehead atoms. The number of para-hydroxylation sites is 1. The molecule has 8 heteroatoms. The molecule has 0 unspecified atom stereocenters. The van der Waals surface area contributed by atoms with Crippen LogP contribution in [0.1, 0.15) is 29.6 Å². The Morgan fingerprint density at radius 3 is 2.68 bits per heavy atom. The SMILES string of the molecule is COc1ccc(Cc2nnc3n2N=C(c2c(C)[nH]c4ccccc24)[C@@H](C)S3)cc1OC. The molecule has 5 rings (SSSR count). The summed E-state index contributed by atoms with van der Waals surface area (Å²) >= 11 is 1.68. The number of hydrogen-bond acceptors (Lipinski definition) is 6. The van der Waals surface area contributed by atoms with Crippen molar-refractivity contribution in [2.75, 3.05) is 14.2 Å². The summed E-state index contributed by atoms with van der Waals surface area (Å²) in [4.78, 5) is 3.48. The zero-order valence-corrected chi connectivity index (χ0v) is 18.7. The van der Waals surface area contributed by atoms with Gasteiger partial charge < -0.3 is 14.5 Å². The first-order chi connectivity index (χ1) is 15.1. The van der Waals surface area contributed by atoms with Crippen LogP contribution in [0.5, 0.6) is 11.5 Å². The van der Waals surface area contributed by atoms with E-state index in [4.69, 9.17) is 14.6 Å². The smallest absolute Gasteiger partial charge is 0.212 e. The van der Waals surface area contributed by atoms with Gasteiger partial charge in [-0.05, 0) is 37.6 Å². The van der Waals surface area contributed by atoms with Gasteiger partial charge in [0.2, 0.25) is 5.16 Å². The number of nitrogens with one attached hydrogen (secondary N) is 1. The predicted molar refractivity (Wildman–Crippen MR) is 123 cm³/mol. The molecule has 1 N–H and O–H groups in total. The molecular weight excluding hydrogens is 410 g/mol. The van der Waals surface area contributed by atoms with Crippen LogP contribution in [0.2, 0.25) is 0 Å². The number of rotatable bonds is 5. The topological polar surface area (TPSA) is 77.3 Å². The van der Waals surface area contributed by atoms with E-state index in [0.717, 1.165) is 39.0 Å². The van der Waals surface area contributed by atoms with Gasteiger partial charge in [0.25, 0.3) is 0 Å². The second-order valence-corrected chi connectivity index (χ2v) is 8.80. The number of aromatic nitrogens is 4. The minimum Gasteiger partial charge on any atom is -0.493 e. The number of H-pyrrole nitrogens is 1. The molecule has 0 saturated carbocycles. The summed E-state index contributed by atoms with van der Waals surface area (Å²) in [5.41, 5.74) is 5.48. The quantitative estimate of drug-likeness (QED) is 0.504. The first-order valence-corrected chi connectivity index (χ1v) is 11.0. The van der Waals surface area contributed by atoms with E-state index in [1.54, 1.807) is 26.0 Å². The van der Waals surface area contributed by atoms with Gasteiger partial charge in [-0.1, -0.05) is 36.0 Å². The molecule has 2 aromatic carbocycles. The van der Waals surface area contributed by atoms with E-state index in [1.807, 2.05) is 28.9 Å². The van der Waals surface area contributed by atoms with Crippen molar-refractivity contribution >= 4 is 28.4 Å². The number of methoxy groups -OCH3 is 2. The van der Waals surface area contributed by atoms with E-state index in [2.05, 4.69) is 47.2 Å². The van der Waals surface area contributed by atoms with Crippen LogP contribution in [0.4, 0.5) is 0 Å². The monoisotopic (exact) mass is 433 g/mol. The number of fused-ring (bicyclic) bond motifs is 2. The van der Waals surface area contributed by atoms with Gasteiger partial charge in [0.15, 0.2) is 17.3 Å². The average Bonchev–Trinajstić information content (AvgIpc) is 3.32. The standard InChI is InChI=1S/C23H23N5O2S/c1-13-21(16-7-5-6-8-17(16)24-13)22-14(2)31-23-26-25-20(28(23)27-22)12-15-9-10-18(29-3)19(11-15)30-4/h5-11,14,24H,12H2,1-4H3/t14-/m1/s1. The lowest BCUT2D eigenvalue weighted by atomic mass is 10.0. The Morgan fingerprint density at radius 2 is 1.87 bits per heavy atom. The van der Waals surface area contributed by atoms with E-state index >= 15 is 0 Å². The number of aryl methyl sites for hydroxylation is 1. The molecule has 2 aromatic heterocycles. The van der Waals surface area contributed by atoms with Crippen molar-refractivity contribution in [3.05, 3.63) is 65.1 Å². The number of aromatic amines is 1. The molecule has 0 amide bonds. The van der Waals surface area contributed by atoms with Gasteiger partial charge in [-0.25, -0.2) is 0 Å². The largest absolute Gasteiger partial charge is 0.493 e. The Kier molecular flexibility index (Phi) is 4.94. The molecule has 0 aliphatic carbocycles. The van der Waals surface area contributed by atoms with Crippen molar-refractivity contribution in [3.63, 3.8) is 0 Å². The van der Waals surface area contributed by atoms with Gasteiger partial charge >= 0.3 is 0 Å². The molecule has 0 radical (unpaired) electrons. The highest BCUT2D eigenvalue weighted by atomic mass is 32.2. The van der Waals surface area contributed by atoms with Crippen LogP contribution >= 0.6 is 11.8 Å². The molecule has 3 heterocycles. The van der Waals surface area contributed by atoms with Crippen LogP contribution < -0.4 is 9.47 Å². The van der Waals surface area contributed by atoms with E-state index < -0.39 is 0 Å². The Morgan fingerprint density at radius 1 is 1.06 bits per heavy atom. The van der Waals surface area contributed by atoms with Gasteiger partial charge in [0.1, 0.15) is 0 Å². The minimum atomic E-state index is 0.170. The van der Waals surface area contributed by atoms with Crippen molar-refractivity contribution in [3.8, 4) is 11.5 Å². The van der Waals surface area contributed by atoms with Crippen LogP contribution in [0.15, 0.2) is 52.7 Å². The van der Waals surface area contributed by atoms with Crippen LogP contribution in [0.3, 0.4) is 0 Å². The van der Waals surface area contributed by atoms with Gasteiger partial charge in [0.05, 0.1) is 25.2 Å². The number of nitrogens with zero attached hydrogens (tertiary/aromatic N) is 4. The van der Waals surface area contributed by atoms with E-state index in [9.17, 15) is 0 Å². The van der Waals surface area contributed by atoms with Crippen molar-refractivity contribution < 1.29 is 9.47 Å². The maximum atomic E-state index is 5.44. The van der Waals surface area contributed by atoms with Crippen LogP contribution in [0, 0.1) is 6.92 Å². The van der Waals surface area contributed by atoms with Crippen molar-refractivity contribution in [1.82, 2.24) is 19.9 Å². The zero-order valence-electron chi connectivity index (χ0n) is 17.8. The lowest BCUT2D eigenvalue weighted by Gasteiger charge is -2.20. The van der Waals surface area contributed by atoms with Crippen molar-refractivity contribution in [1.29, 1.82) is 0 Å². The Labute approximate surface area is 184 Å². The summed E-state index contributed by atoms with van der Waals surface area (Å²) in [6.45, 7) is 4.26. The zero-order chi connectivity index (χ0) is 21.5. The van der Waals surface area contributed by atoms with Crippen LogP contribution in [0.25, 0.3) is 10.9 Å². The minimum absolute atomic E-state index is 0.170. The van der Waals surface area contributed by atoms with Gasteiger partial charge in [-0.3, -0.25) is 0 Å². The summed E-state index contributed by atoms with van der Waals surface area (Å²) in [6, 6.07) is 14.2. The number of ether oxygens (including phenoxy) is 2. The summed E-state index contributed by atoms with van der Waals surface area (Å²) in [6.07, 6.45) is 0.589. The fourth-order valence-corrected chi connectivity index (χ4v) is 4.94. The van der Waals surface area contributed by atoms with Gasteiger partial charge in [0, 0.05) is 28.6 Å². The fourth-order valence-electron chi connectivity index (χ4n) is 4.02. The average molecular weight is 434 g/mol. The number of hydrogen-bond donors (Lipinski definition) is 1. The molecule has 4 aromatic rings. The van der Waals surface area contributed by atoms with E-state index in [1.165, 1.54) is 5.39 Å². The molecule has 1 aliphatic heterocycles. The second kappa shape index (κ2) is 7.77. The molecule has 1 aliphatic rings. The fraction of sp³-hybridized carbons (Fsp3) is 0.261. The first kappa shape index (κ1) is 19.7. The Hall–Kier alpha value is -3.26. The highest BCUT2D eigenvalue weighted by molar-refractivity contribution is 8.00. The highest BCUT2D eigenvalue weighted by Crippen LogP contribution is 2.34. The van der Waals surface area contributed by atoms with Crippen molar-refractivity contribution in [2.24, 2.45) is 5.10 Å². The van der Waals surface area contributed by atoms with Crippen molar-refractivity contribution in [2.45, 2.75) is 30.7 Å². The molecule has 1 atom stereocenters. The third-order valence-electron chi connectivity index (χ3n) is 5.51. The van der Waals surface area contributed by atoms with Gasteiger partial charge in [-0.15, -0.1) is 10.2 Å². The molecule has 0 spiro atoms.